The summed E-state index contributed by atoms with van der Waals surface area (Å²) in [6.45, 7) is 1.94. The summed E-state index contributed by atoms with van der Waals surface area (Å²) in [6.07, 6.45) is 0.731. The number of rotatable bonds is 7. The van der Waals surface area contributed by atoms with E-state index in [0.29, 0.717) is 29.3 Å². The van der Waals surface area contributed by atoms with Crippen molar-refractivity contribution in [2.75, 3.05) is 18.2 Å². The van der Waals surface area contributed by atoms with Gasteiger partial charge in [-0.05, 0) is 12.1 Å². The summed E-state index contributed by atoms with van der Waals surface area (Å²) >= 11 is 7.52. The monoisotopic (exact) mass is 315 g/mol. The summed E-state index contributed by atoms with van der Waals surface area (Å²) in [5.41, 5.74) is 0.617. The molecule has 6 heteroatoms. The number of thioether (sulfide) groups is 1. The number of hydrogen-bond acceptors (Lipinski definition) is 4. The predicted octanol–water partition coefficient (Wildman–Crippen LogP) is 3.35. The molecule has 1 amide bonds. The first-order chi connectivity index (χ1) is 9.52. The van der Waals surface area contributed by atoms with Crippen LogP contribution in [0, 0.1) is 0 Å². The van der Waals surface area contributed by atoms with Crippen LogP contribution in [-0.4, -0.2) is 30.0 Å². The van der Waals surface area contributed by atoms with Crippen molar-refractivity contribution in [1.29, 1.82) is 0 Å². The van der Waals surface area contributed by atoms with Crippen LogP contribution in [0.4, 0.5) is 5.69 Å². The van der Waals surface area contributed by atoms with Crippen LogP contribution in [0.15, 0.2) is 24.3 Å². The fourth-order valence-electron chi connectivity index (χ4n) is 1.51. The Hall–Kier alpha value is -1.20. The van der Waals surface area contributed by atoms with Crippen molar-refractivity contribution in [2.45, 2.75) is 25.0 Å². The Morgan fingerprint density at radius 3 is 2.75 bits per heavy atom. The molecule has 0 aliphatic carbocycles. The number of carbonyl (C=O) groups is 2. The van der Waals surface area contributed by atoms with Gasteiger partial charge < -0.3 is 10.1 Å². The van der Waals surface area contributed by atoms with Crippen LogP contribution in [0.3, 0.4) is 0 Å². The number of methoxy groups -OCH3 is 1. The highest BCUT2D eigenvalue weighted by Gasteiger charge is 2.11. The van der Waals surface area contributed by atoms with Crippen LogP contribution >= 0.6 is 23.4 Å². The van der Waals surface area contributed by atoms with Crippen molar-refractivity contribution in [3.05, 3.63) is 29.3 Å². The highest BCUT2D eigenvalue weighted by Crippen LogP contribution is 2.21. The minimum absolute atomic E-state index is 0.0872. The quantitative estimate of drug-likeness (QED) is 0.784. The van der Waals surface area contributed by atoms with Gasteiger partial charge in [-0.3, -0.25) is 9.59 Å². The van der Waals surface area contributed by atoms with Crippen LogP contribution in [0.5, 0.6) is 0 Å². The van der Waals surface area contributed by atoms with Crippen LogP contribution in [0.2, 0.25) is 5.02 Å². The lowest BCUT2D eigenvalue weighted by Crippen LogP contribution is -2.14. The number of halogens is 1. The standard InChI is InChI=1S/C14H18ClNO3S/c1-10(9-14(18)19-2)20-8-7-13(17)16-12-6-4-3-5-11(12)15/h3-6,10H,7-9H2,1-2H3,(H,16,17). The van der Waals surface area contributed by atoms with Crippen molar-refractivity contribution >= 4 is 40.9 Å². The lowest BCUT2D eigenvalue weighted by molar-refractivity contribution is -0.140. The maximum absolute atomic E-state index is 11.7. The van der Waals surface area contributed by atoms with E-state index in [1.807, 2.05) is 19.1 Å². The average molecular weight is 316 g/mol. The maximum Gasteiger partial charge on any atom is 0.306 e. The van der Waals surface area contributed by atoms with Crippen molar-refractivity contribution in [1.82, 2.24) is 0 Å². The second-order valence-electron chi connectivity index (χ2n) is 4.24. The molecule has 0 bridgehead atoms. The summed E-state index contributed by atoms with van der Waals surface area (Å²) in [5, 5.41) is 3.42. The Balaban J connectivity index is 2.27. The van der Waals surface area contributed by atoms with Gasteiger partial charge in [-0.25, -0.2) is 0 Å². The molecule has 0 heterocycles. The van der Waals surface area contributed by atoms with Gasteiger partial charge in [0, 0.05) is 17.4 Å². The van der Waals surface area contributed by atoms with E-state index in [1.54, 1.807) is 23.9 Å². The van der Waals surface area contributed by atoms with Gasteiger partial charge in [0.1, 0.15) is 0 Å². The number of nitrogens with one attached hydrogen (secondary N) is 1. The molecule has 0 saturated carbocycles. The lowest BCUT2D eigenvalue weighted by atomic mass is 10.3. The van der Waals surface area contributed by atoms with Crippen molar-refractivity contribution < 1.29 is 14.3 Å². The van der Waals surface area contributed by atoms with Gasteiger partial charge >= 0.3 is 5.97 Å². The van der Waals surface area contributed by atoms with E-state index in [0.717, 1.165) is 0 Å². The second-order valence-corrected chi connectivity index (χ2v) is 6.19. The van der Waals surface area contributed by atoms with E-state index in [2.05, 4.69) is 10.1 Å². The highest BCUT2D eigenvalue weighted by atomic mass is 35.5. The first kappa shape index (κ1) is 16.9. The third-order valence-corrected chi connectivity index (χ3v) is 4.07. The van der Waals surface area contributed by atoms with Crippen LogP contribution in [0.25, 0.3) is 0 Å². The number of para-hydroxylation sites is 1. The van der Waals surface area contributed by atoms with Gasteiger partial charge in [-0.1, -0.05) is 30.7 Å². The van der Waals surface area contributed by atoms with E-state index >= 15 is 0 Å². The number of hydrogen-bond donors (Lipinski definition) is 1. The fourth-order valence-corrected chi connectivity index (χ4v) is 2.65. The minimum atomic E-state index is -0.231. The smallest absolute Gasteiger partial charge is 0.306 e. The molecule has 1 N–H and O–H groups in total. The van der Waals surface area contributed by atoms with Gasteiger partial charge in [-0.15, -0.1) is 0 Å². The molecule has 0 saturated heterocycles. The first-order valence-electron chi connectivity index (χ1n) is 6.25. The first-order valence-corrected chi connectivity index (χ1v) is 7.68. The molecule has 0 aromatic heterocycles. The SMILES string of the molecule is COC(=O)CC(C)SCCC(=O)Nc1ccccc1Cl. The minimum Gasteiger partial charge on any atom is -0.469 e. The molecule has 0 aliphatic rings. The topological polar surface area (TPSA) is 55.4 Å². The van der Waals surface area contributed by atoms with Crippen molar-refractivity contribution in [2.24, 2.45) is 0 Å². The molecule has 0 radical (unpaired) electrons. The van der Waals surface area contributed by atoms with Crippen molar-refractivity contribution in [3.8, 4) is 0 Å². The maximum atomic E-state index is 11.7. The zero-order chi connectivity index (χ0) is 15.0. The molecule has 1 atom stereocenters. The fraction of sp³-hybridized carbons (Fsp3) is 0.429. The number of benzene rings is 1. The molecule has 1 aromatic carbocycles. The summed E-state index contributed by atoms with van der Waals surface area (Å²) in [6, 6.07) is 7.11. The molecule has 1 aromatic rings. The molecule has 110 valence electrons. The Bertz CT molecular complexity index is 467. The van der Waals surface area contributed by atoms with Crippen LogP contribution in [0.1, 0.15) is 19.8 Å². The zero-order valence-electron chi connectivity index (χ0n) is 11.5. The van der Waals surface area contributed by atoms with Gasteiger partial charge in [0.15, 0.2) is 0 Å². The Kier molecular flexibility index (Phi) is 7.47. The Morgan fingerprint density at radius 2 is 2.10 bits per heavy atom. The van der Waals surface area contributed by atoms with Crippen LogP contribution in [-0.2, 0) is 14.3 Å². The summed E-state index contributed by atoms with van der Waals surface area (Å²) < 4.78 is 4.59. The van der Waals surface area contributed by atoms with E-state index in [1.165, 1.54) is 7.11 Å². The number of esters is 1. The van der Waals surface area contributed by atoms with E-state index in [9.17, 15) is 9.59 Å². The summed E-state index contributed by atoms with van der Waals surface area (Å²) in [4.78, 5) is 22.8. The molecule has 0 aliphatic heterocycles. The summed E-state index contributed by atoms with van der Waals surface area (Å²) in [7, 11) is 1.37. The van der Waals surface area contributed by atoms with Gasteiger partial charge in [0.2, 0.25) is 5.91 Å². The van der Waals surface area contributed by atoms with Gasteiger partial charge in [0.25, 0.3) is 0 Å². The Morgan fingerprint density at radius 1 is 1.40 bits per heavy atom. The molecular formula is C14H18ClNO3S. The molecule has 0 spiro atoms. The molecule has 4 nitrogen and oxygen atoms in total. The molecule has 1 unspecified atom stereocenters. The largest absolute Gasteiger partial charge is 0.469 e. The number of anilines is 1. The van der Waals surface area contributed by atoms with E-state index < -0.39 is 0 Å². The second kappa shape index (κ2) is 8.87. The third-order valence-electron chi connectivity index (χ3n) is 2.56. The number of ether oxygens (including phenoxy) is 1. The van der Waals surface area contributed by atoms with Crippen molar-refractivity contribution in [3.63, 3.8) is 0 Å². The lowest BCUT2D eigenvalue weighted by Gasteiger charge is -2.10. The van der Waals surface area contributed by atoms with Gasteiger partial charge in [-0.2, -0.15) is 11.8 Å². The van der Waals surface area contributed by atoms with Crippen LogP contribution < -0.4 is 5.32 Å². The highest BCUT2D eigenvalue weighted by molar-refractivity contribution is 7.99. The number of carbonyl (C=O) groups excluding carboxylic acids is 2. The number of amides is 1. The third kappa shape index (κ3) is 6.30. The van der Waals surface area contributed by atoms with E-state index in [-0.39, 0.29) is 17.1 Å². The van der Waals surface area contributed by atoms with Gasteiger partial charge in [0.05, 0.1) is 24.2 Å². The summed E-state index contributed by atoms with van der Waals surface area (Å²) in [5.74, 6) is 0.329. The molecule has 1 rings (SSSR count). The molecule has 0 fully saturated rings. The zero-order valence-corrected chi connectivity index (χ0v) is 13.1. The Labute approximate surface area is 128 Å². The van der Waals surface area contributed by atoms with E-state index in [4.69, 9.17) is 11.6 Å². The molecule has 20 heavy (non-hydrogen) atoms. The molecular weight excluding hydrogens is 298 g/mol. The normalized spacial score (nSPS) is 11.8. The predicted molar refractivity (Wildman–Crippen MR) is 83.3 cm³/mol. The average Bonchev–Trinajstić information content (AvgIpc) is 2.41.